The third kappa shape index (κ3) is 4.01. The summed E-state index contributed by atoms with van der Waals surface area (Å²) in [6, 6.07) is 4.79. The molecule has 1 rings (SSSR count). The minimum Gasteiger partial charge on any atom is -0.310 e. The predicted molar refractivity (Wildman–Crippen MR) is 76.9 cm³/mol. The summed E-state index contributed by atoms with van der Waals surface area (Å²) in [5.74, 6) is 0. The lowest BCUT2D eigenvalue weighted by Crippen LogP contribution is -2.21. The van der Waals surface area contributed by atoms with Gasteiger partial charge in [-0.25, -0.2) is 0 Å². The molecule has 0 aliphatic carbocycles. The van der Waals surface area contributed by atoms with Gasteiger partial charge in [0.25, 0.3) is 0 Å². The molecule has 1 nitrogen and oxygen atoms in total. The summed E-state index contributed by atoms with van der Waals surface area (Å²) >= 11 is 6.15. The Bertz CT molecular complexity index is 360. The maximum atomic E-state index is 6.15. The van der Waals surface area contributed by atoms with Crippen LogP contribution in [0, 0.1) is 13.8 Å². The Balaban J connectivity index is 2.96. The van der Waals surface area contributed by atoms with E-state index in [4.69, 9.17) is 11.6 Å². The van der Waals surface area contributed by atoms with Crippen LogP contribution in [0.4, 0.5) is 0 Å². The molecule has 1 aromatic carbocycles. The zero-order chi connectivity index (χ0) is 12.8. The highest BCUT2D eigenvalue weighted by Gasteiger charge is 2.13. The Morgan fingerprint density at radius 3 is 2.47 bits per heavy atom. The number of nitrogens with one attached hydrogen (secondary N) is 1. The third-order valence-corrected chi connectivity index (χ3v) is 3.63. The van der Waals surface area contributed by atoms with E-state index in [-0.39, 0.29) is 0 Å². The summed E-state index contributed by atoms with van der Waals surface area (Å²) in [7, 11) is 0. The molecular weight excluding hydrogens is 230 g/mol. The largest absolute Gasteiger partial charge is 0.310 e. The van der Waals surface area contributed by atoms with E-state index in [2.05, 4.69) is 45.1 Å². The number of unbranched alkanes of at least 4 members (excludes halogenated alkanes) is 1. The lowest BCUT2D eigenvalue weighted by atomic mass is 9.95. The number of aryl methyl sites for hydroxylation is 2. The van der Waals surface area contributed by atoms with Crippen molar-refractivity contribution in [2.24, 2.45) is 0 Å². The van der Waals surface area contributed by atoms with Gasteiger partial charge in [0.2, 0.25) is 0 Å². The molecule has 0 aliphatic rings. The van der Waals surface area contributed by atoms with Crippen molar-refractivity contribution in [2.75, 3.05) is 6.54 Å². The van der Waals surface area contributed by atoms with Crippen molar-refractivity contribution < 1.29 is 0 Å². The summed E-state index contributed by atoms with van der Waals surface area (Å²) in [5, 5.41) is 4.45. The Kier molecular flexibility index (Phi) is 6.01. The maximum absolute atomic E-state index is 6.15. The van der Waals surface area contributed by atoms with E-state index in [1.165, 1.54) is 36.0 Å². The SMILES string of the molecule is CCCCC(NCC)c1cc(C)c(Cl)cc1C. The molecule has 0 heterocycles. The van der Waals surface area contributed by atoms with Crippen molar-refractivity contribution in [3.63, 3.8) is 0 Å². The average Bonchev–Trinajstić information content (AvgIpc) is 2.29. The Labute approximate surface area is 111 Å². The van der Waals surface area contributed by atoms with Crippen LogP contribution >= 0.6 is 11.6 Å². The molecule has 0 aromatic heterocycles. The highest BCUT2D eigenvalue weighted by Crippen LogP contribution is 2.27. The fraction of sp³-hybridized carbons (Fsp3) is 0.600. The smallest absolute Gasteiger partial charge is 0.0438 e. The molecular formula is C15H24ClN. The summed E-state index contributed by atoms with van der Waals surface area (Å²) in [6.07, 6.45) is 3.71. The molecule has 2 heteroatoms. The third-order valence-electron chi connectivity index (χ3n) is 3.22. The monoisotopic (exact) mass is 253 g/mol. The van der Waals surface area contributed by atoms with Crippen LogP contribution in [0.2, 0.25) is 5.02 Å². The Morgan fingerprint density at radius 1 is 1.18 bits per heavy atom. The second-order valence-electron chi connectivity index (χ2n) is 4.71. The first-order valence-electron chi connectivity index (χ1n) is 6.60. The molecule has 0 saturated heterocycles. The maximum Gasteiger partial charge on any atom is 0.0438 e. The van der Waals surface area contributed by atoms with Crippen LogP contribution in [0.15, 0.2) is 12.1 Å². The predicted octanol–water partition coefficient (Wildman–Crippen LogP) is 4.80. The summed E-state index contributed by atoms with van der Waals surface area (Å²) in [5.41, 5.74) is 3.87. The van der Waals surface area contributed by atoms with Crippen LogP contribution in [-0.4, -0.2) is 6.54 Å². The van der Waals surface area contributed by atoms with E-state index in [0.717, 1.165) is 11.6 Å². The van der Waals surface area contributed by atoms with Gasteiger partial charge >= 0.3 is 0 Å². The normalized spacial score (nSPS) is 12.8. The number of hydrogen-bond donors (Lipinski definition) is 1. The molecule has 0 aliphatic heterocycles. The van der Waals surface area contributed by atoms with E-state index in [1.54, 1.807) is 0 Å². The zero-order valence-electron chi connectivity index (χ0n) is 11.4. The fourth-order valence-electron chi connectivity index (χ4n) is 2.20. The molecule has 0 radical (unpaired) electrons. The molecule has 96 valence electrons. The van der Waals surface area contributed by atoms with Gasteiger partial charge in [0.1, 0.15) is 0 Å². The number of hydrogen-bond acceptors (Lipinski definition) is 1. The fourth-order valence-corrected chi connectivity index (χ4v) is 2.42. The van der Waals surface area contributed by atoms with E-state index in [1.807, 2.05) is 0 Å². The van der Waals surface area contributed by atoms with Gasteiger partial charge in [0.15, 0.2) is 0 Å². The van der Waals surface area contributed by atoms with Gasteiger partial charge in [-0.1, -0.05) is 44.4 Å². The summed E-state index contributed by atoms with van der Waals surface area (Å²) in [4.78, 5) is 0. The minimum absolute atomic E-state index is 0.468. The van der Waals surface area contributed by atoms with Gasteiger partial charge in [0.05, 0.1) is 0 Å². The molecule has 1 atom stereocenters. The molecule has 0 spiro atoms. The quantitative estimate of drug-likeness (QED) is 0.768. The molecule has 1 aromatic rings. The van der Waals surface area contributed by atoms with Crippen molar-refractivity contribution in [1.82, 2.24) is 5.32 Å². The number of benzene rings is 1. The lowest BCUT2D eigenvalue weighted by Gasteiger charge is -2.21. The van der Waals surface area contributed by atoms with Crippen LogP contribution in [0.5, 0.6) is 0 Å². The van der Waals surface area contributed by atoms with E-state index in [9.17, 15) is 0 Å². The highest BCUT2D eigenvalue weighted by atomic mass is 35.5. The van der Waals surface area contributed by atoms with Crippen LogP contribution in [-0.2, 0) is 0 Å². The molecule has 0 fully saturated rings. The Morgan fingerprint density at radius 2 is 1.88 bits per heavy atom. The zero-order valence-corrected chi connectivity index (χ0v) is 12.2. The standard InChI is InChI=1S/C15H24ClN/c1-5-7-8-15(17-6-2)13-9-12(4)14(16)10-11(13)3/h9-10,15,17H,5-8H2,1-4H3. The average molecular weight is 254 g/mol. The minimum atomic E-state index is 0.468. The molecule has 0 amide bonds. The van der Waals surface area contributed by atoms with E-state index >= 15 is 0 Å². The van der Waals surface area contributed by atoms with Crippen molar-refractivity contribution in [1.29, 1.82) is 0 Å². The second-order valence-corrected chi connectivity index (χ2v) is 5.12. The van der Waals surface area contributed by atoms with Gasteiger partial charge in [-0.05, 0) is 49.6 Å². The van der Waals surface area contributed by atoms with Crippen LogP contribution < -0.4 is 5.32 Å². The Hall–Kier alpha value is -0.530. The van der Waals surface area contributed by atoms with Gasteiger partial charge in [-0.2, -0.15) is 0 Å². The van der Waals surface area contributed by atoms with Crippen molar-refractivity contribution in [3.8, 4) is 0 Å². The molecule has 0 bridgehead atoms. The first kappa shape index (κ1) is 14.5. The van der Waals surface area contributed by atoms with Crippen LogP contribution in [0.25, 0.3) is 0 Å². The van der Waals surface area contributed by atoms with Crippen molar-refractivity contribution in [3.05, 3.63) is 33.8 Å². The van der Waals surface area contributed by atoms with Gasteiger partial charge in [-0.3, -0.25) is 0 Å². The highest BCUT2D eigenvalue weighted by molar-refractivity contribution is 6.31. The van der Waals surface area contributed by atoms with Crippen molar-refractivity contribution >= 4 is 11.6 Å². The van der Waals surface area contributed by atoms with Gasteiger partial charge < -0.3 is 5.32 Å². The molecule has 1 N–H and O–H groups in total. The van der Waals surface area contributed by atoms with Gasteiger partial charge in [-0.15, -0.1) is 0 Å². The number of halogens is 1. The van der Waals surface area contributed by atoms with Gasteiger partial charge in [0, 0.05) is 11.1 Å². The number of rotatable bonds is 6. The topological polar surface area (TPSA) is 12.0 Å². The second kappa shape index (κ2) is 7.03. The van der Waals surface area contributed by atoms with Crippen molar-refractivity contribution in [2.45, 2.75) is 53.0 Å². The summed E-state index contributed by atoms with van der Waals surface area (Å²) < 4.78 is 0. The van der Waals surface area contributed by atoms with Crippen LogP contribution in [0.3, 0.4) is 0 Å². The van der Waals surface area contributed by atoms with E-state index < -0.39 is 0 Å². The first-order valence-corrected chi connectivity index (χ1v) is 6.98. The molecule has 17 heavy (non-hydrogen) atoms. The lowest BCUT2D eigenvalue weighted by molar-refractivity contribution is 0.492. The first-order chi connectivity index (χ1) is 8.10. The van der Waals surface area contributed by atoms with Crippen LogP contribution in [0.1, 0.15) is 55.8 Å². The molecule has 1 unspecified atom stereocenters. The molecule has 0 saturated carbocycles. The van der Waals surface area contributed by atoms with E-state index in [0.29, 0.717) is 6.04 Å². The summed E-state index contributed by atoms with van der Waals surface area (Å²) in [6.45, 7) is 9.64.